The van der Waals surface area contributed by atoms with Crippen LogP contribution < -0.4 is 21.3 Å². The second-order valence-electron chi connectivity index (χ2n) is 12.8. The summed E-state index contributed by atoms with van der Waals surface area (Å²) >= 11 is -0.641. The van der Waals surface area contributed by atoms with Gasteiger partial charge >= 0.3 is 318 Å². The summed E-state index contributed by atoms with van der Waals surface area (Å²) in [6, 6.07) is 14.2. The predicted molar refractivity (Wildman–Crippen MR) is 204 cm³/mol. The SMILES string of the molecule is CC[C@H](C)[C@H](NC(=O)OCc1ccccc1)C(=O)N[C@H](C(=O)OC)[C@H](C)[Se][Se][C@@H](C)[C@H](NC(=O)[C@@H](NC(=O)OCc1ccccc1)[C@@H](C)CC)C(=O)OC. The van der Waals surface area contributed by atoms with E-state index in [1.807, 2.05) is 88.4 Å². The molecule has 0 aromatic heterocycles. The van der Waals surface area contributed by atoms with Crippen molar-refractivity contribution in [3.63, 3.8) is 0 Å². The van der Waals surface area contributed by atoms with Gasteiger partial charge in [0.1, 0.15) is 0 Å². The van der Waals surface area contributed by atoms with Crippen molar-refractivity contribution in [1.29, 1.82) is 0 Å². The first-order valence-electron chi connectivity index (χ1n) is 17.8. The number of hydrogen-bond donors (Lipinski definition) is 4. The van der Waals surface area contributed by atoms with E-state index in [9.17, 15) is 28.8 Å². The van der Waals surface area contributed by atoms with Gasteiger partial charge in [-0.15, -0.1) is 0 Å². The number of carbonyl (C=O) groups excluding carboxylic acids is 6. The van der Waals surface area contributed by atoms with Crippen LogP contribution in [0.1, 0.15) is 65.5 Å². The van der Waals surface area contributed by atoms with Crippen molar-refractivity contribution in [2.45, 2.75) is 101 Å². The van der Waals surface area contributed by atoms with E-state index >= 15 is 0 Å². The van der Waals surface area contributed by atoms with E-state index in [-0.39, 0.29) is 51.3 Å². The monoisotopic (exact) mass is 886 g/mol. The van der Waals surface area contributed by atoms with E-state index < -0.39 is 69.7 Å². The fraction of sp³-hybridized carbons (Fsp3) is 0.526. The Bertz CT molecular complexity index is 1390. The summed E-state index contributed by atoms with van der Waals surface area (Å²) in [5.41, 5.74) is 1.57. The van der Waals surface area contributed by atoms with Crippen molar-refractivity contribution in [2.24, 2.45) is 11.8 Å². The first-order valence-corrected chi connectivity index (χ1v) is 24.1. The number of methoxy groups -OCH3 is 2. The number of hydrogen-bond acceptors (Lipinski definition) is 10. The molecule has 0 bridgehead atoms. The van der Waals surface area contributed by atoms with Crippen LogP contribution in [-0.2, 0) is 51.3 Å². The zero-order chi connectivity index (χ0) is 40.2. The molecule has 4 amide bonds. The van der Waals surface area contributed by atoms with Gasteiger partial charge in [0.25, 0.3) is 0 Å². The second kappa shape index (κ2) is 24.3. The maximum atomic E-state index is 13.6. The third-order valence-electron chi connectivity index (χ3n) is 8.77. The van der Waals surface area contributed by atoms with Gasteiger partial charge in [0.15, 0.2) is 0 Å². The molecule has 4 N–H and O–H groups in total. The molecule has 0 saturated carbocycles. The fourth-order valence-electron chi connectivity index (χ4n) is 4.95. The molecular weight excluding hydrogens is 830 g/mol. The van der Waals surface area contributed by atoms with Crippen molar-refractivity contribution >= 4 is 62.2 Å². The number of nitrogens with one attached hydrogen (secondary N) is 4. The van der Waals surface area contributed by atoms with Crippen LogP contribution in [0.15, 0.2) is 60.7 Å². The van der Waals surface area contributed by atoms with Crippen LogP contribution in [0.4, 0.5) is 9.59 Å². The van der Waals surface area contributed by atoms with Crippen LogP contribution in [0.5, 0.6) is 0 Å². The first kappa shape index (κ1) is 46.1. The van der Waals surface area contributed by atoms with Gasteiger partial charge in [0.05, 0.1) is 0 Å². The van der Waals surface area contributed by atoms with Gasteiger partial charge in [-0.05, 0) is 0 Å². The van der Waals surface area contributed by atoms with Gasteiger partial charge in [-0.25, -0.2) is 0 Å². The molecule has 0 fully saturated rings. The number of esters is 2. The Balaban J connectivity index is 2.10. The third-order valence-corrected chi connectivity index (χ3v) is 19.2. The fourth-order valence-corrected chi connectivity index (χ4v) is 13.1. The van der Waals surface area contributed by atoms with Gasteiger partial charge in [-0.2, -0.15) is 0 Å². The van der Waals surface area contributed by atoms with Gasteiger partial charge in [-0.1, -0.05) is 12.1 Å². The van der Waals surface area contributed by atoms with Crippen molar-refractivity contribution in [3.8, 4) is 0 Å². The number of rotatable bonds is 21. The summed E-state index contributed by atoms with van der Waals surface area (Å²) in [5.74, 6) is -3.02. The number of ether oxygens (including phenoxy) is 4. The van der Waals surface area contributed by atoms with Crippen LogP contribution in [0.3, 0.4) is 0 Å². The molecule has 0 spiro atoms. The quantitative estimate of drug-likeness (QED) is 0.0814. The van der Waals surface area contributed by atoms with Crippen LogP contribution in [0, 0.1) is 11.8 Å². The van der Waals surface area contributed by atoms with Gasteiger partial charge < -0.3 is 0 Å². The average Bonchev–Trinajstić information content (AvgIpc) is 3.19. The number of alkyl carbamates (subject to hydrolysis) is 2. The Morgan fingerprint density at radius 2 is 0.870 bits per heavy atom. The molecule has 0 aliphatic heterocycles. The number of benzene rings is 2. The summed E-state index contributed by atoms with van der Waals surface area (Å²) in [4.78, 5) is 77.7. The average molecular weight is 885 g/mol. The maximum absolute atomic E-state index is 13.6. The van der Waals surface area contributed by atoms with Gasteiger partial charge in [0, 0.05) is 0 Å². The standard InChI is InChI=1S/C38H54N4O10Se2/c1-9-23(3)29(41-37(47)51-21-27-17-13-11-14-18-27)33(43)39-31(35(45)49-7)25(5)53-54-26(6)32(36(46)50-8)40-34(44)30(24(4)10-2)42-38(48)52-22-28-19-15-12-16-20-28/h11-20,23-26,29-32H,9-10,21-22H2,1-8H3,(H,39,43)(H,40,44)(H,41,47)(H,42,48)/t23-,24-,25-,26-,29-,30-,31-,32-/m0/s1. The molecule has 0 radical (unpaired) electrons. The molecule has 2 rings (SSSR count). The molecule has 0 unspecified atom stereocenters. The summed E-state index contributed by atoms with van der Waals surface area (Å²) < 4.78 is 20.8. The van der Waals surface area contributed by atoms with E-state index in [0.717, 1.165) is 11.1 Å². The van der Waals surface area contributed by atoms with Crippen LogP contribution >= 0.6 is 0 Å². The van der Waals surface area contributed by atoms with Crippen molar-refractivity contribution < 1.29 is 47.7 Å². The molecule has 0 aliphatic rings. The number of carbonyl (C=O) groups is 6. The molecule has 0 aliphatic carbocycles. The predicted octanol–water partition coefficient (Wildman–Crippen LogP) is 3.92. The van der Waals surface area contributed by atoms with E-state index in [1.54, 1.807) is 13.8 Å². The van der Waals surface area contributed by atoms with Crippen LogP contribution in [-0.4, -0.2) is 101 Å². The van der Waals surface area contributed by atoms with E-state index in [4.69, 9.17) is 18.9 Å². The molecule has 54 heavy (non-hydrogen) atoms. The van der Waals surface area contributed by atoms with Crippen LogP contribution in [0.25, 0.3) is 0 Å². The molecule has 2 aromatic rings. The second-order valence-corrected chi connectivity index (χ2v) is 20.9. The molecule has 298 valence electrons. The summed E-state index contributed by atoms with van der Waals surface area (Å²) in [5, 5.41) is 10.9. The van der Waals surface area contributed by atoms with Gasteiger partial charge in [0.2, 0.25) is 0 Å². The minimum absolute atomic E-state index is 0.0231. The Morgan fingerprint density at radius 1 is 0.537 bits per heavy atom. The van der Waals surface area contributed by atoms with Crippen molar-refractivity contribution in [3.05, 3.63) is 71.8 Å². The third kappa shape index (κ3) is 15.3. The van der Waals surface area contributed by atoms with Crippen molar-refractivity contribution in [2.75, 3.05) is 14.2 Å². The zero-order valence-electron chi connectivity index (χ0n) is 32.1. The summed E-state index contributed by atoms with van der Waals surface area (Å²) in [6.45, 7) is 11.0. The topological polar surface area (TPSA) is 187 Å². The normalized spacial score (nSPS) is 15.3. The number of amides is 4. The van der Waals surface area contributed by atoms with E-state index in [1.165, 1.54) is 14.2 Å². The Morgan fingerprint density at radius 3 is 1.17 bits per heavy atom. The van der Waals surface area contributed by atoms with E-state index in [0.29, 0.717) is 12.8 Å². The zero-order valence-corrected chi connectivity index (χ0v) is 35.5. The van der Waals surface area contributed by atoms with Crippen LogP contribution in [0.2, 0.25) is 9.63 Å². The molecule has 2 aromatic carbocycles. The molecule has 16 heteroatoms. The molecular formula is C38H54N4O10Se2. The Labute approximate surface area is 329 Å². The minimum atomic E-state index is -1.04. The Hall–Kier alpha value is -4.10. The molecule has 0 heterocycles. The summed E-state index contributed by atoms with van der Waals surface area (Å²) in [7, 11) is 2.45. The molecule has 0 saturated heterocycles. The van der Waals surface area contributed by atoms with Gasteiger partial charge in [-0.3, -0.25) is 0 Å². The molecule has 8 atom stereocenters. The molecule has 14 nitrogen and oxygen atoms in total. The van der Waals surface area contributed by atoms with Crippen molar-refractivity contribution in [1.82, 2.24) is 21.3 Å². The Kier molecular flexibility index (Phi) is 20.8. The first-order chi connectivity index (χ1) is 25.8. The van der Waals surface area contributed by atoms with E-state index in [2.05, 4.69) is 21.3 Å². The summed E-state index contributed by atoms with van der Waals surface area (Å²) in [6.07, 6.45) is -0.422.